The number of anilines is 2. The zero-order valence-corrected chi connectivity index (χ0v) is 13.6. The summed E-state index contributed by atoms with van der Waals surface area (Å²) in [5.74, 6) is -0.0394. The Labute approximate surface area is 134 Å². The normalized spacial score (nSPS) is 10.5. The van der Waals surface area contributed by atoms with Gasteiger partial charge in [-0.2, -0.15) is 0 Å². The average Bonchev–Trinajstić information content (AvgIpc) is 3.05. The van der Waals surface area contributed by atoms with Gasteiger partial charge in [0.25, 0.3) is 5.91 Å². The summed E-state index contributed by atoms with van der Waals surface area (Å²) in [6.45, 7) is 4.02. The monoisotopic (exact) mass is 316 g/mol. The van der Waals surface area contributed by atoms with Crippen LogP contribution < -0.4 is 10.6 Å². The van der Waals surface area contributed by atoms with Crippen molar-refractivity contribution in [2.24, 2.45) is 5.92 Å². The molecule has 0 saturated heterocycles. The first-order valence-corrected chi connectivity index (χ1v) is 8.27. The van der Waals surface area contributed by atoms with E-state index in [-0.39, 0.29) is 17.7 Å². The van der Waals surface area contributed by atoms with Gasteiger partial charge in [0.1, 0.15) is 0 Å². The van der Waals surface area contributed by atoms with E-state index >= 15 is 0 Å². The Balaban J connectivity index is 1.95. The van der Waals surface area contributed by atoms with Crippen molar-refractivity contribution in [1.82, 2.24) is 0 Å². The smallest absolute Gasteiger partial charge is 0.265 e. The van der Waals surface area contributed by atoms with Crippen LogP contribution in [-0.2, 0) is 4.79 Å². The lowest BCUT2D eigenvalue weighted by atomic mass is 10.0. The molecular formula is C17H20N2O2S. The summed E-state index contributed by atoms with van der Waals surface area (Å²) in [5, 5.41) is 7.60. The van der Waals surface area contributed by atoms with E-state index < -0.39 is 0 Å². The predicted octanol–water partition coefficient (Wildman–Crippen LogP) is 4.38. The topological polar surface area (TPSA) is 58.2 Å². The minimum absolute atomic E-state index is 0.0400. The highest BCUT2D eigenvalue weighted by molar-refractivity contribution is 7.12. The highest BCUT2D eigenvalue weighted by Crippen LogP contribution is 2.18. The second kappa shape index (κ2) is 7.75. The Hall–Kier alpha value is -2.14. The summed E-state index contributed by atoms with van der Waals surface area (Å²) < 4.78 is 0. The van der Waals surface area contributed by atoms with E-state index in [0.29, 0.717) is 10.6 Å². The lowest BCUT2D eigenvalue weighted by Crippen LogP contribution is -2.21. The van der Waals surface area contributed by atoms with Gasteiger partial charge in [0.2, 0.25) is 5.91 Å². The van der Waals surface area contributed by atoms with Crippen LogP contribution in [0.3, 0.4) is 0 Å². The largest absolute Gasteiger partial charge is 0.326 e. The molecule has 0 atom stereocenters. The van der Waals surface area contributed by atoms with Gasteiger partial charge < -0.3 is 10.6 Å². The Bertz CT molecular complexity index is 617. The molecule has 1 aromatic carbocycles. The number of nitrogens with one attached hydrogen (secondary N) is 2. The summed E-state index contributed by atoms with van der Waals surface area (Å²) >= 11 is 1.40. The van der Waals surface area contributed by atoms with Gasteiger partial charge in [0, 0.05) is 17.3 Å². The molecule has 5 heteroatoms. The molecule has 0 aliphatic rings. The molecule has 0 bridgehead atoms. The van der Waals surface area contributed by atoms with E-state index in [0.717, 1.165) is 18.5 Å². The standard InChI is InChI=1S/C17H20N2O2S/c1-3-12(4-2)16(20)18-13-7-9-14(10-8-13)19-17(21)15-6-5-11-22-15/h5-12H,3-4H2,1-2H3,(H,18,20)(H,19,21). The maximum atomic E-state index is 12.0. The molecule has 0 spiro atoms. The van der Waals surface area contributed by atoms with Crippen LogP contribution in [0.15, 0.2) is 41.8 Å². The van der Waals surface area contributed by atoms with Crippen LogP contribution in [0, 0.1) is 5.92 Å². The van der Waals surface area contributed by atoms with Crippen LogP contribution in [0.25, 0.3) is 0 Å². The molecule has 0 aliphatic carbocycles. The quantitative estimate of drug-likeness (QED) is 0.831. The summed E-state index contributed by atoms with van der Waals surface area (Å²) in [5.41, 5.74) is 1.45. The zero-order valence-electron chi connectivity index (χ0n) is 12.8. The molecule has 0 aliphatic heterocycles. The van der Waals surface area contributed by atoms with Gasteiger partial charge in [-0.25, -0.2) is 0 Å². The first-order valence-electron chi connectivity index (χ1n) is 7.39. The van der Waals surface area contributed by atoms with Gasteiger partial charge in [-0.05, 0) is 48.6 Å². The fraction of sp³-hybridized carbons (Fsp3) is 0.294. The lowest BCUT2D eigenvalue weighted by Gasteiger charge is -2.13. The summed E-state index contributed by atoms with van der Waals surface area (Å²) in [4.78, 5) is 24.6. The van der Waals surface area contributed by atoms with Crippen molar-refractivity contribution in [3.63, 3.8) is 0 Å². The number of hydrogen-bond acceptors (Lipinski definition) is 3. The number of carbonyl (C=O) groups excluding carboxylic acids is 2. The molecule has 0 radical (unpaired) electrons. The third kappa shape index (κ3) is 4.18. The molecule has 4 nitrogen and oxygen atoms in total. The van der Waals surface area contributed by atoms with Crippen LogP contribution in [0.1, 0.15) is 36.4 Å². The fourth-order valence-corrected chi connectivity index (χ4v) is 2.76. The second-order valence-corrected chi connectivity index (χ2v) is 5.96. The van der Waals surface area contributed by atoms with Crippen molar-refractivity contribution in [2.75, 3.05) is 10.6 Å². The Kier molecular flexibility index (Phi) is 5.72. The molecule has 22 heavy (non-hydrogen) atoms. The Morgan fingerprint density at radius 1 is 1.00 bits per heavy atom. The number of rotatable bonds is 6. The van der Waals surface area contributed by atoms with E-state index in [4.69, 9.17) is 0 Å². The van der Waals surface area contributed by atoms with Crippen LogP contribution in [0.2, 0.25) is 0 Å². The summed E-state index contributed by atoms with van der Waals surface area (Å²) in [6.07, 6.45) is 1.66. The molecule has 2 aromatic rings. The van der Waals surface area contributed by atoms with E-state index in [1.165, 1.54) is 11.3 Å². The van der Waals surface area contributed by atoms with E-state index in [9.17, 15) is 9.59 Å². The zero-order chi connectivity index (χ0) is 15.9. The van der Waals surface area contributed by atoms with Crippen molar-refractivity contribution in [1.29, 1.82) is 0 Å². The predicted molar refractivity (Wildman–Crippen MR) is 91.4 cm³/mol. The average molecular weight is 316 g/mol. The van der Waals surface area contributed by atoms with Crippen molar-refractivity contribution < 1.29 is 9.59 Å². The Morgan fingerprint density at radius 3 is 2.09 bits per heavy atom. The highest BCUT2D eigenvalue weighted by Gasteiger charge is 2.14. The van der Waals surface area contributed by atoms with Crippen molar-refractivity contribution in [2.45, 2.75) is 26.7 Å². The molecule has 2 N–H and O–H groups in total. The maximum Gasteiger partial charge on any atom is 0.265 e. The molecule has 116 valence electrons. The van der Waals surface area contributed by atoms with Gasteiger partial charge in [-0.1, -0.05) is 19.9 Å². The van der Waals surface area contributed by atoms with Crippen LogP contribution >= 0.6 is 11.3 Å². The van der Waals surface area contributed by atoms with Crippen LogP contribution in [0.5, 0.6) is 0 Å². The van der Waals surface area contributed by atoms with Gasteiger partial charge >= 0.3 is 0 Å². The number of benzene rings is 1. The van der Waals surface area contributed by atoms with Crippen molar-refractivity contribution in [3.8, 4) is 0 Å². The summed E-state index contributed by atoms with van der Waals surface area (Å²) in [7, 11) is 0. The van der Waals surface area contributed by atoms with E-state index in [1.54, 1.807) is 30.3 Å². The maximum absolute atomic E-state index is 12.0. The highest BCUT2D eigenvalue weighted by atomic mass is 32.1. The van der Waals surface area contributed by atoms with Crippen molar-refractivity contribution in [3.05, 3.63) is 46.7 Å². The third-order valence-corrected chi connectivity index (χ3v) is 4.38. The third-order valence-electron chi connectivity index (χ3n) is 3.51. The molecule has 0 saturated carbocycles. The fourth-order valence-electron chi connectivity index (χ4n) is 2.14. The first-order chi connectivity index (χ1) is 10.6. The van der Waals surface area contributed by atoms with Gasteiger partial charge in [0.05, 0.1) is 4.88 Å². The molecule has 2 amide bonds. The number of carbonyl (C=O) groups is 2. The van der Waals surface area contributed by atoms with Gasteiger partial charge in [-0.3, -0.25) is 9.59 Å². The number of hydrogen-bond donors (Lipinski definition) is 2. The minimum Gasteiger partial charge on any atom is -0.326 e. The number of amides is 2. The molecule has 2 rings (SSSR count). The second-order valence-electron chi connectivity index (χ2n) is 5.01. The molecule has 0 fully saturated rings. The van der Waals surface area contributed by atoms with Crippen LogP contribution in [0.4, 0.5) is 11.4 Å². The summed E-state index contributed by atoms with van der Waals surface area (Å²) in [6, 6.07) is 10.8. The molecule has 0 unspecified atom stereocenters. The first kappa shape index (κ1) is 16.2. The van der Waals surface area contributed by atoms with E-state index in [1.807, 2.05) is 25.3 Å². The minimum atomic E-state index is -0.121. The SMILES string of the molecule is CCC(CC)C(=O)Nc1ccc(NC(=O)c2cccs2)cc1. The Morgan fingerprint density at radius 2 is 1.59 bits per heavy atom. The number of thiophene rings is 1. The van der Waals surface area contributed by atoms with Gasteiger partial charge in [0.15, 0.2) is 0 Å². The molecule has 1 aromatic heterocycles. The van der Waals surface area contributed by atoms with Crippen LogP contribution in [-0.4, -0.2) is 11.8 Å². The molecular weight excluding hydrogens is 296 g/mol. The lowest BCUT2D eigenvalue weighted by molar-refractivity contribution is -0.120. The van der Waals surface area contributed by atoms with Gasteiger partial charge in [-0.15, -0.1) is 11.3 Å². The van der Waals surface area contributed by atoms with Crippen molar-refractivity contribution >= 4 is 34.5 Å². The van der Waals surface area contributed by atoms with E-state index in [2.05, 4.69) is 10.6 Å². The molecule has 1 heterocycles.